The van der Waals surface area contributed by atoms with Gasteiger partial charge < -0.3 is 4.74 Å². The molecule has 0 radical (unpaired) electrons. The molecule has 0 amide bonds. The maximum absolute atomic E-state index is 10.6. The average Bonchev–Trinajstić information content (AvgIpc) is 1.88. The first-order chi connectivity index (χ1) is 4.79. The van der Waals surface area contributed by atoms with Gasteiger partial charge in [-0.25, -0.2) is 4.21 Å². The normalized spacial score (nSPS) is 24.5. The van der Waals surface area contributed by atoms with E-state index in [1.165, 1.54) is 0 Å². The Bertz CT molecular complexity index is 123. The second-order valence-electron chi connectivity index (χ2n) is 2.60. The predicted octanol–water partition coefficient (Wildman–Crippen LogP) is 0.0354. The fourth-order valence-electron chi connectivity index (χ4n) is 1.15. The van der Waals surface area contributed by atoms with Gasteiger partial charge in [-0.3, -0.25) is 5.14 Å². The van der Waals surface area contributed by atoms with Crippen molar-refractivity contribution >= 4 is 11.0 Å². The lowest BCUT2D eigenvalue weighted by Gasteiger charge is -2.20. The van der Waals surface area contributed by atoms with Gasteiger partial charge in [0.25, 0.3) is 0 Å². The first-order valence-electron chi connectivity index (χ1n) is 3.49. The van der Waals surface area contributed by atoms with E-state index in [9.17, 15) is 4.21 Å². The molecule has 4 heteroatoms. The van der Waals surface area contributed by atoms with Crippen LogP contribution in [0, 0.1) is 5.92 Å². The summed E-state index contributed by atoms with van der Waals surface area (Å²) in [5.74, 6) is 1.17. The SMILES string of the molecule is N[S@](=O)CC1CCOCC1. The number of hydrogen-bond donors (Lipinski definition) is 1. The smallest absolute Gasteiger partial charge is 0.0890 e. The van der Waals surface area contributed by atoms with Gasteiger partial charge >= 0.3 is 0 Å². The van der Waals surface area contributed by atoms with Crippen LogP contribution in [0.4, 0.5) is 0 Å². The Morgan fingerprint density at radius 2 is 2.10 bits per heavy atom. The highest BCUT2D eigenvalue weighted by molar-refractivity contribution is 7.82. The van der Waals surface area contributed by atoms with E-state index in [-0.39, 0.29) is 0 Å². The molecular formula is C6H13NO2S. The Balaban J connectivity index is 2.19. The lowest BCUT2D eigenvalue weighted by molar-refractivity contribution is 0.0726. The van der Waals surface area contributed by atoms with Crippen LogP contribution < -0.4 is 5.14 Å². The Labute approximate surface area is 63.5 Å². The molecule has 1 atom stereocenters. The molecule has 0 spiro atoms. The summed E-state index contributed by atoms with van der Waals surface area (Å²) in [7, 11) is -1.12. The predicted molar refractivity (Wildman–Crippen MR) is 40.7 cm³/mol. The monoisotopic (exact) mass is 163 g/mol. The van der Waals surface area contributed by atoms with E-state index in [1.54, 1.807) is 0 Å². The summed E-state index contributed by atoms with van der Waals surface area (Å²) >= 11 is 0. The molecule has 60 valence electrons. The van der Waals surface area contributed by atoms with Crippen LogP contribution in [0.5, 0.6) is 0 Å². The van der Waals surface area contributed by atoms with Crippen LogP contribution in [0.3, 0.4) is 0 Å². The van der Waals surface area contributed by atoms with E-state index in [4.69, 9.17) is 9.88 Å². The fraction of sp³-hybridized carbons (Fsp3) is 1.00. The fourth-order valence-corrected chi connectivity index (χ4v) is 1.94. The third-order valence-corrected chi connectivity index (χ3v) is 2.54. The van der Waals surface area contributed by atoms with Gasteiger partial charge in [0.15, 0.2) is 0 Å². The van der Waals surface area contributed by atoms with Crippen LogP contribution in [0.15, 0.2) is 0 Å². The molecule has 1 aliphatic rings. The minimum atomic E-state index is -1.12. The summed E-state index contributed by atoms with van der Waals surface area (Å²) in [4.78, 5) is 0. The van der Waals surface area contributed by atoms with Crippen molar-refractivity contribution in [2.24, 2.45) is 11.1 Å². The number of rotatable bonds is 2. The zero-order chi connectivity index (χ0) is 7.40. The minimum absolute atomic E-state index is 0.527. The third kappa shape index (κ3) is 2.77. The summed E-state index contributed by atoms with van der Waals surface area (Å²) in [6.07, 6.45) is 2.03. The second-order valence-corrected chi connectivity index (χ2v) is 3.70. The molecule has 0 bridgehead atoms. The Morgan fingerprint density at radius 3 is 2.60 bits per heavy atom. The standard InChI is InChI=1S/C6H13NO2S/c7-10(8)5-6-1-3-9-4-2-6/h6H,1-5,7H2/t10-/m1/s1. The van der Waals surface area contributed by atoms with Gasteiger partial charge in [-0.05, 0) is 18.8 Å². The maximum atomic E-state index is 10.6. The molecule has 0 aromatic rings. The highest BCUT2D eigenvalue weighted by atomic mass is 32.2. The van der Waals surface area contributed by atoms with Gasteiger partial charge in [0.05, 0.1) is 11.0 Å². The highest BCUT2D eigenvalue weighted by Crippen LogP contribution is 2.14. The molecule has 0 aromatic carbocycles. The molecule has 1 saturated heterocycles. The molecule has 0 aliphatic carbocycles. The molecule has 0 unspecified atom stereocenters. The molecule has 1 aliphatic heterocycles. The first-order valence-corrected chi connectivity index (χ1v) is 4.88. The first kappa shape index (κ1) is 8.17. The summed E-state index contributed by atoms with van der Waals surface area (Å²) < 4.78 is 15.7. The Hall–Kier alpha value is 0.0700. The summed E-state index contributed by atoms with van der Waals surface area (Å²) in [6.45, 7) is 1.61. The molecule has 1 fully saturated rings. The third-order valence-electron chi connectivity index (χ3n) is 1.74. The minimum Gasteiger partial charge on any atom is -0.381 e. The van der Waals surface area contributed by atoms with E-state index >= 15 is 0 Å². The van der Waals surface area contributed by atoms with Crippen LogP contribution in [0.25, 0.3) is 0 Å². The van der Waals surface area contributed by atoms with E-state index in [1.807, 2.05) is 0 Å². The van der Waals surface area contributed by atoms with Gasteiger partial charge in [0, 0.05) is 19.0 Å². The lowest BCUT2D eigenvalue weighted by Crippen LogP contribution is -2.23. The van der Waals surface area contributed by atoms with Crippen LogP contribution in [-0.2, 0) is 15.7 Å². The van der Waals surface area contributed by atoms with Crippen molar-refractivity contribution in [2.45, 2.75) is 12.8 Å². The van der Waals surface area contributed by atoms with Crippen LogP contribution >= 0.6 is 0 Å². The average molecular weight is 163 g/mol. The summed E-state index contributed by atoms with van der Waals surface area (Å²) in [5.41, 5.74) is 0. The molecule has 0 aromatic heterocycles. The van der Waals surface area contributed by atoms with Gasteiger partial charge in [-0.15, -0.1) is 0 Å². The molecule has 0 saturated carbocycles. The van der Waals surface area contributed by atoms with Crippen LogP contribution in [-0.4, -0.2) is 23.2 Å². The highest BCUT2D eigenvalue weighted by Gasteiger charge is 2.14. The van der Waals surface area contributed by atoms with E-state index in [0.717, 1.165) is 26.1 Å². The van der Waals surface area contributed by atoms with Crippen LogP contribution in [0.1, 0.15) is 12.8 Å². The van der Waals surface area contributed by atoms with Gasteiger partial charge in [-0.1, -0.05) is 0 Å². The van der Waals surface area contributed by atoms with Crippen molar-refractivity contribution in [3.8, 4) is 0 Å². The van der Waals surface area contributed by atoms with Crippen molar-refractivity contribution in [2.75, 3.05) is 19.0 Å². The summed E-state index contributed by atoms with van der Waals surface area (Å²) in [6, 6.07) is 0. The number of ether oxygens (including phenoxy) is 1. The van der Waals surface area contributed by atoms with Gasteiger partial charge in [0.1, 0.15) is 0 Å². The number of hydrogen-bond acceptors (Lipinski definition) is 2. The van der Waals surface area contributed by atoms with E-state index in [0.29, 0.717) is 11.7 Å². The zero-order valence-corrected chi connectivity index (χ0v) is 6.73. The quantitative estimate of drug-likeness (QED) is 0.624. The molecule has 2 N–H and O–H groups in total. The van der Waals surface area contributed by atoms with Crippen molar-refractivity contribution in [1.82, 2.24) is 0 Å². The molecular weight excluding hydrogens is 150 g/mol. The lowest BCUT2D eigenvalue weighted by atomic mass is 10.0. The molecule has 1 heterocycles. The molecule has 1 rings (SSSR count). The topological polar surface area (TPSA) is 52.3 Å². The van der Waals surface area contributed by atoms with Gasteiger partial charge in [-0.2, -0.15) is 0 Å². The Morgan fingerprint density at radius 1 is 1.50 bits per heavy atom. The molecule has 10 heavy (non-hydrogen) atoms. The summed E-state index contributed by atoms with van der Waals surface area (Å²) in [5, 5.41) is 5.15. The van der Waals surface area contributed by atoms with Crippen molar-refractivity contribution in [3.63, 3.8) is 0 Å². The zero-order valence-electron chi connectivity index (χ0n) is 5.91. The van der Waals surface area contributed by atoms with Crippen LogP contribution in [0.2, 0.25) is 0 Å². The van der Waals surface area contributed by atoms with Crippen molar-refractivity contribution < 1.29 is 8.95 Å². The van der Waals surface area contributed by atoms with E-state index in [2.05, 4.69) is 0 Å². The van der Waals surface area contributed by atoms with Crippen molar-refractivity contribution in [1.29, 1.82) is 0 Å². The van der Waals surface area contributed by atoms with Crippen molar-refractivity contribution in [3.05, 3.63) is 0 Å². The van der Waals surface area contributed by atoms with E-state index < -0.39 is 11.0 Å². The van der Waals surface area contributed by atoms with Gasteiger partial charge in [0.2, 0.25) is 0 Å². The number of nitrogens with two attached hydrogens (primary N) is 1. The second kappa shape index (κ2) is 4.05. The largest absolute Gasteiger partial charge is 0.381 e. The Kier molecular flexibility index (Phi) is 3.31. The molecule has 3 nitrogen and oxygen atoms in total. The maximum Gasteiger partial charge on any atom is 0.0890 e.